The Balaban J connectivity index is 2.68. The molecule has 0 bridgehead atoms. The number of carbonyl (C=O) groups excluding carboxylic acids is 1. The fraction of sp³-hybridized carbons (Fsp3) is 0.500. The Morgan fingerprint density at radius 3 is 2.82 bits per heavy atom. The third kappa shape index (κ3) is 4.50. The molecule has 5 nitrogen and oxygen atoms in total. The number of hydrogen-bond acceptors (Lipinski definition) is 4. The van der Waals surface area contributed by atoms with Gasteiger partial charge in [-0.3, -0.25) is 10.2 Å². The van der Waals surface area contributed by atoms with Gasteiger partial charge in [0.1, 0.15) is 5.69 Å². The maximum atomic E-state index is 11.3. The lowest BCUT2D eigenvalue weighted by Crippen LogP contribution is -2.31. The molecule has 5 heteroatoms. The van der Waals surface area contributed by atoms with Gasteiger partial charge in [0.15, 0.2) is 0 Å². The van der Waals surface area contributed by atoms with Gasteiger partial charge >= 0.3 is 0 Å². The normalized spacial score (nSPS) is 10.9. The van der Waals surface area contributed by atoms with Crippen molar-refractivity contribution >= 4 is 5.91 Å². The predicted molar refractivity (Wildman–Crippen MR) is 67.1 cm³/mol. The molecule has 1 heterocycles. The molecule has 1 rings (SSSR count). The van der Waals surface area contributed by atoms with Crippen LogP contribution >= 0.6 is 0 Å². The summed E-state index contributed by atoms with van der Waals surface area (Å²) >= 11 is 0. The van der Waals surface area contributed by atoms with Gasteiger partial charge < -0.3 is 4.90 Å². The Bertz CT molecular complexity index is 379. The minimum atomic E-state index is -0.363. The number of pyridine rings is 1. The smallest absolute Gasteiger partial charge is 0.283 e. The number of rotatable bonds is 5. The summed E-state index contributed by atoms with van der Waals surface area (Å²) in [6, 6.07) is 5.37. The van der Waals surface area contributed by atoms with E-state index in [-0.39, 0.29) is 5.91 Å². The molecule has 0 spiro atoms. The van der Waals surface area contributed by atoms with Crippen molar-refractivity contribution in [1.29, 1.82) is 0 Å². The highest BCUT2D eigenvalue weighted by atomic mass is 16.2. The molecular weight excluding hydrogens is 216 g/mol. The molecular formula is C12H20N4O. The summed E-state index contributed by atoms with van der Waals surface area (Å²) in [7, 11) is 2.04. The second-order valence-corrected chi connectivity index (χ2v) is 4.58. The molecule has 3 N–H and O–H groups in total. The minimum Gasteiger partial charge on any atom is -0.300 e. The molecule has 1 amide bonds. The van der Waals surface area contributed by atoms with Crippen LogP contribution < -0.4 is 11.3 Å². The van der Waals surface area contributed by atoms with E-state index in [1.807, 2.05) is 19.2 Å². The number of nitrogens with zero attached hydrogens (tertiary/aromatic N) is 2. The minimum absolute atomic E-state index is 0.350. The van der Waals surface area contributed by atoms with E-state index in [4.69, 9.17) is 5.84 Å². The van der Waals surface area contributed by atoms with E-state index in [2.05, 4.69) is 29.2 Å². The lowest BCUT2D eigenvalue weighted by atomic mass is 10.2. The van der Waals surface area contributed by atoms with E-state index in [0.717, 1.165) is 18.8 Å². The maximum absolute atomic E-state index is 11.3. The molecule has 17 heavy (non-hydrogen) atoms. The van der Waals surface area contributed by atoms with Gasteiger partial charge in [0.05, 0.1) is 5.69 Å². The number of nitrogen functional groups attached to an aromatic ring is 1. The molecule has 1 aromatic rings. The van der Waals surface area contributed by atoms with Crippen molar-refractivity contribution in [3.8, 4) is 0 Å². The first-order valence-electron chi connectivity index (χ1n) is 5.68. The van der Waals surface area contributed by atoms with Crippen LogP contribution in [0.15, 0.2) is 18.2 Å². The molecule has 0 atom stereocenters. The zero-order chi connectivity index (χ0) is 12.8. The molecule has 0 saturated heterocycles. The van der Waals surface area contributed by atoms with Crippen LogP contribution in [0.4, 0.5) is 0 Å². The van der Waals surface area contributed by atoms with Gasteiger partial charge in [0.25, 0.3) is 5.91 Å². The number of aromatic nitrogens is 1. The molecule has 0 aliphatic carbocycles. The number of hydrogen-bond donors (Lipinski definition) is 2. The molecule has 1 aromatic heterocycles. The van der Waals surface area contributed by atoms with E-state index in [9.17, 15) is 4.79 Å². The Kier molecular flexibility index (Phi) is 5.06. The quantitative estimate of drug-likeness (QED) is 0.450. The van der Waals surface area contributed by atoms with Gasteiger partial charge in [-0.1, -0.05) is 19.9 Å². The van der Waals surface area contributed by atoms with Gasteiger partial charge in [0.2, 0.25) is 0 Å². The highest BCUT2D eigenvalue weighted by Gasteiger charge is 2.08. The van der Waals surface area contributed by atoms with Crippen LogP contribution in [0.1, 0.15) is 30.0 Å². The second kappa shape index (κ2) is 6.32. The SMILES string of the molecule is CC(C)CN(C)Cc1cccc(C(=O)NN)n1. The molecule has 0 aliphatic heterocycles. The summed E-state index contributed by atoms with van der Waals surface area (Å²) in [6.45, 7) is 6.06. The van der Waals surface area contributed by atoms with Crippen molar-refractivity contribution in [1.82, 2.24) is 15.3 Å². The number of nitrogens with one attached hydrogen (secondary N) is 1. The van der Waals surface area contributed by atoms with Crippen molar-refractivity contribution < 1.29 is 4.79 Å². The first-order chi connectivity index (χ1) is 8.02. The predicted octanol–water partition coefficient (Wildman–Crippen LogP) is 0.773. The second-order valence-electron chi connectivity index (χ2n) is 4.58. The number of amides is 1. The third-order valence-corrected chi connectivity index (χ3v) is 2.28. The first-order valence-corrected chi connectivity index (χ1v) is 5.68. The summed E-state index contributed by atoms with van der Waals surface area (Å²) in [4.78, 5) is 17.8. The van der Waals surface area contributed by atoms with Gasteiger partial charge in [-0.15, -0.1) is 0 Å². The maximum Gasteiger partial charge on any atom is 0.283 e. The van der Waals surface area contributed by atoms with Crippen LogP contribution in [0.2, 0.25) is 0 Å². The van der Waals surface area contributed by atoms with Crippen molar-refractivity contribution in [2.45, 2.75) is 20.4 Å². The fourth-order valence-corrected chi connectivity index (χ4v) is 1.73. The molecule has 0 radical (unpaired) electrons. The largest absolute Gasteiger partial charge is 0.300 e. The molecule has 0 saturated carbocycles. The van der Waals surface area contributed by atoms with Crippen LogP contribution in [-0.2, 0) is 6.54 Å². The van der Waals surface area contributed by atoms with Crippen molar-refractivity contribution in [2.24, 2.45) is 11.8 Å². The van der Waals surface area contributed by atoms with Crippen molar-refractivity contribution in [2.75, 3.05) is 13.6 Å². The Morgan fingerprint density at radius 1 is 1.53 bits per heavy atom. The van der Waals surface area contributed by atoms with E-state index < -0.39 is 0 Å². The standard InChI is InChI=1S/C12H20N4O/c1-9(2)7-16(3)8-10-5-4-6-11(14-10)12(17)15-13/h4-6,9H,7-8,13H2,1-3H3,(H,15,17). The van der Waals surface area contributed by atoms with Gasteiger partial charge in [-0.05, 0) is 25.1 Å². The number of nitrogens with two attached hydrogens (primary N) is 1. The monoisotopic (exact) mass is 236 g/mol. The lowest BCUT2D eigenvalue weighted by Gasteiger charge is -2.18. The molecule has 0 aromatic carbocycles. The van der Waals surface area contributed by atoms with Crippen LogP contribution in [0.5, 0.6) is 0 Å². The molecule has 0 aliphatic rings. The highest BCUT2D eigenvalue weighted by Crippen LogP contribution is 2.04. The lowest BCUT2D eigenvalue weighted by molar-refractivity contribution is 0.0948. The molecule has 94 valence electrons. The van der Waals surface area contributed by atoms with E-state index in [1.54, 1.807) is 6.07 Å². The average Bonchev–Trinajstić information content (AvgIpc) is 2.27. The Hall–Kier alpha value is -1.46. The van der Waals surface area contributed by atoms with Crippen molar-refractivity contribution in [3.63, 3.8) is 0 Å². The van der Waals surface area contributed by atoms with Gasteiger partial charge in [0, 0.05) is 13.1 Å². The van der Waals surface area contributed by atoms with Gasteiger partial charge in [-0.2, -0.15) is 0 Å². The van der Waals surface area contributed by atoms with Gasteiger partial charge in [-0.25, -0.2) is 10.8 Å². The Morgan fingerprint density at radius 2 is 2.24 bits per heavy atom. The van der Waals surface area contributed by atoms with E-state index in [0.29, 0.717) is 11.6 Å². The summed E-state index contributed by atoms with van der Waals surface area (Å²) < 4.78 is 0. The average molecular weight is 236 g/mol. The fourth-order valence-electron chi connectivity index (χ4n) is 1.73. The van der Waals surface area contributed by atoms with Crippen LogP contribution in [-0.4, -0.2) is 29.4 Å². The van der Waals surface area contributed by atoms with Crippen LogP contribution in [0, 0.1) is 5.92 Å². The molecule has 0 fully saturated rings. The zero-order valence-electron chi connectivity index (χ0n) is 10.6. The van der Waals surface area contributed by atoms with Crippen LogP contribution in [0.3, 0.4) is 0 Å². The van der Waals surface area contributed by atoms with Crippen LogP contribution in [0.25, 0.3) is 0 Å². The van der Waals surface area contributed by atoms with E-state index >= 15 is 0 Å². The Labute approximate surface area is 102 Å². The number of carbonyl (C=O) groups is 1. The highest BCUT2D eigenvalue weighted by molar-refractivity contribution is 5.91. The van der Waals surface area contributed by atoms with E-state index in [1.165, 1.54) is 0 Å². The first kappa shape index (κ1) is 13.6. The third-order valence-electron chi connectivity index (χ3n) is 2.28. The molecule has 0 unspecified atom stereocenters. The summed E-state index contributed by atoms with van der Waals surface area (Å²) in [5.41, 5.74) is 3.30. The summed E-state index contributed by atoms with van der Waals surface area (Å²) in [5.74, 6) is 5.32. The van der Waals surface area contributed by atoms with Crippen molar-refractivity contribution in [3.05, 3.63) is 29.6 Å². The topological polar surface area (TPSA) is 71.2 Å². The summed E-state index contributed by atoms with van der Waals surface area (Å²) in [5, 5.41) is 0. The number of hydrazine groups is 1. The zero-order valence-corrected chi connectivity index (χ0v) is 10.6. The summed E-state index contributed by atoms with van der Waals surface area (Å²) in [6.07, 6.45) is 0.